The fourth-order valence-electron chi connectivity index (χ4n) is 2.91. The number of carbonyl (C=O) groups excluding carboxylic acids is 2. The molecule has 0 aliphatic rings. The number of nitrogens with zero attached hydrogens (tertiary/aromatic N) is 2. The molecule has 0 fully saturated rings. The second kappa shape index (κ2) is 13.1. The van der Waals surface area contributed by atoms with Gasteiger partial charge in [-0.1, -0.05) is 30.3 Å². The maximum Gasteiger partial charge on any atom is 0.408 e. The maximum absolute atomic E-state index is 12.4. The molecule has 0 saturated carbocycles. The number of hydrogen-bond acceptors (Lipinski definition) is 9. The van der Waals surface area contributed by atoms with Gasteiger partial charge in [-0.25, -0.2) is 19.6 Å². The van der Waals surface area contributed by atoms with E-state index in [1.165, 1.54) is 18.2 Å². The van der Waals surface area contributed by atoms with Crippen molar-refractivity contribution in [2.24, 2.45) is 0 Å². The van der Waals surface area contributed by atoms with Crippen molar-refractivity contribution < 1.29 is 34.1 Å². The lowest BCUT2D eigenvalue weighted by atomic mass is 10.1. The van der Waals surface area contributed by atoms with E-state index in [1.54, 1.807) is 42.7 Å². The van der Waals surface area contributed by atoms with Crippen LogP contribution in [-0.4, -0.2) is 63.9 Å². The zero-order chi connectivity index (χ0) is 25.8. The zero-order valence-electron chi connectivity index (χ0n) is 19.1. The standard InChI is InChI=1S/C24H25N5O7/c30-20-13-17(35-12-11-27-23-25-9-4-10-26-23)7-8-18(20)21(31)28-14-19(22(32)33)29-24(34)36-15-16-5-2-1-3-6-16/h1-10,13,19,30H,11-12,14-15H2,(H,28,31)(H,29,34)(H,32,33)(H,25,26,27)/t19-/m0/s1. The topological polar surface area (TPSA) is 172 Å². The van der Waals surface area contributed by atoms with Gasteiger partial charge in [0, 0.05) is 25.0 Å². The fraction of sp³-hybridized carbons (Fsp3) is 0.208. The average Bonchev–Trinajstić information content (AvgIpc) is 2.88. The molecule has 0 saturated heterocycles. The first kappa shape index (κ1) is 25.7. The number of benzene rings is 2. The fourth-order valence-corrected chi connectivity index (χ4v) is 2.91. The number of phenols is 1. The van der Waals surface area contributed by atoms with E-state index in [9.17, 15) is 24.6 Å². The Hall–Kier alpha value is -4.87. The van der Waals surface area contributed by atoms with Crippen LogP contribution in [0.4, 0.5) is 10.7 Å². The minimum Gasteiger partial charge on any atom is -0.507 e. The summed E-state index contributed by atoms with van der Waals surface area (Å²) in [5, 5.41) is 27.1. The summed E-state index contributed by atoms with van der Waals surface area (Å²) in [5.74, 6) is -1.67. The second-order valence-electron chi connectivity index (χ2n) is 7.33. The van der Waals surface area contributed by atoms with Crippen molar-refractivity contribution in [2.75, 3.05) is 25.0 Å². The lowest BCUT2D eigenvalue weighted by molar-refractivity contribution is -0.139. The van der Waals surface area contributed by atoms with Gasteiger partial charge in [-0.05, 0) is 23.8 Å². The van der Waals surface area contributed by atoms with Crippen molar-refractivity contribution in [3.8, 4) is 11.5 Å². The van der Waals surface area contributed by atoms with E-state index in [0.29, 0.717) is 18.2 Å². The number of amides is 2. The highest BCUT2D eigenvalue weighted by atomic mass is 16.5. The number of rotatable bonds is 12. The lowest BCUT2D eigenvalue weighted by Gasteiger charge is -2.16. The van der Waals surface area contributed by atoms with Crippen LogP contribution in [0.2, 0.25) is 0 Å². The van der Waals surface area contributed by atoms with Crippen molar-refractivity contribution in [3.63, 3.8) is 0 Å². The number of carboxylic acid groups (broad SMARTS) is 1. The van der Waals surface area contributed by atoms with Crippen LogP contribution in [0.1, 0.15) is 15.9 Å². The number of anilines is 1. The van der Waals surface area contributed by atoms with Crippen LogP contribution >= 0.6 is 0 Å². The normalized spacial score (nSPS) is 11.1. The van der Waals surface area contributed by atoms with Crippen molar-refractivity contribution in [1.82, 2.24) is 20.6 Å². The third-order valence-corrected chi connectivity index (χ3v) is 4.70. The van der Waals surface area contributed by atoms with E-state index in [4.69, 9.17) is 9.47 Å². The van der Waals surface area contributed by atoms with Crippen molar-refractivity contribution >= 4 is 23.9 Å². The largest absolute Gasteiger partial charge is 0.507 e. The molecule has 0 bridgehead atoms. The monoisotopic (exact) mass is 495 g/mol. The predicted octanol–water partition coefficient (Wildman–Crippen LogP) is 1.78. The van der Waals surface area contributed by atoms with Gasteiger partial charge in [-0.2, -0.15) is 0 Å². The molecule has 188 valence electrons. The molecular weight excluding hydrogens is 470 g/mol. The second-order valence-corrected chi connectivity index (χ2v) is 7.33. The van der Waals surface area contributed by atoms with Crippen LogP contribution in [0.3, 0.4) is 0 Å². The Morgan fingerprint density at radius 3 is 2.44 bits per heavy atom. The Kier molecular flexibility index (Phi) is 9.39. The van der Waals surface area contributed by atoms with Crippen LogP contribution in [-0.2, 0) is 16.1 Å². The predicted molar refractivity (Wildman–Crippen MR) is 128 cm³/mol. The van der Waals surface area contributed by atoms with Crippen LogP contribution < -0.4 is 20.7 Å². The SMILES string of the molecule is O=C(N[C@@H](CNC(=O)c1ccc(OCCNc2ncccn2)cc1O)C(=O)O)OCc1ccccc1. The molecule has 1 aromatic heterocycles. The summed E-state index contributed by atoms with van der Waals surface area (Å²) in [6.45, 7) is 0.184. The van der Waals surface area contributed by atoms with Crippen molar-refractivity contribution in [3.05, 3.63) is 78.1 Å². The molecule has 1 heterocycles. The highest BCUT2D eigenvalue weighted by Gasteiger charge is 2.22. The Bertz CT molecular complexity index is 1160. The molecular formula is C24H25N5O7. The van der Waals surface area contributed by atoms with Crippen LogP contribution in [0, 0.1) is 0 Å². The molecule has 0 unspecified atom stereocenters. The number of aromatic nitrogens is 2. The highest BCUT2D eigenvalue weighted by Crippen LogP contribution is 2.23. The quantitative estimate of drug-likeness (QED) is 0.233. The molecule has 1 atom stereocenters. The van der Waals surface area contributed by atoms with E-state index in [0.717, 1.165) is 5.56 Å². The molecule has 5 N–H and O–H groups in total. The third kappa shape index (κ3) is 8.17. The minimum absolute atomic E-state index is 0.0379. The van der Waals surface area contributed by atoms with Gasteiger partial charge >= 0.3 is 12.1 Å². The zero-order valence-corrected chi connectivity index (χ0v) is 19.1. The summed E-state index contributed by atoms with van der Waals surface area (Å²) in [7, 11) is 0. The van der Waals surface area contributed by atoms with Gasteiger partial charge in [0.15, 0.2) is 0 Å². The number of alkyl carbamates (subject to hydrolysis) is 1. The first-order valence-electron chi connectivity index (χ1n) is 10.9. The van der Waals surface area contributed by atoms with Crippen LogP contribution in [0.15, 0.2) is 67.0 Å². The first-order valence-corrected chi connectivity index (χ1v) is 10.9. The Labute approximate surface area is 206 Å². The summed E-state index contributed by atoms with van der Waals surface area (Å²) in [6, 6.07) is 13.2. The molecule has 0 aliphatic carbocycles. The van der Waals surface area contributed by atoms with E-state index >= 15 is 0 Å². The van der Waals surface area contributed by atoms with Crippen LogP contribution in [0.5, 0.6) is 11.5 Å². The van der Waals surface area contributed by atoms with Gasteiger partial charge in [-0.3, -0.25) is 4.79 Å². The number of ether oxygens (including phenoxy) is 2. The minimum atomic E-state index is -1.44. The maximum atomic E-state index is 12.4. The third-order valence-electron chi connectivity index (χ3n) is 4.70. The molecule has 0 radical (unpaired) electrons. The van der Waals surface area contributed by atoms with Gasteiger partial charge in [0.1, 0.15) is 30.8 Å². The molecule has 12 heteroatoms. The number of phenolic OH excluding ortho intramolecular Hbond substituents is 1. The molecule has 0 spiro atoms. The average molecular weight is 495 g/mol. The summed E-state index contributed by atoms with van der Waals surface area (Å²) < 4.78 is 10.5. The summed E-state index contributed by atoms with van der Waals surface area (Å²) in [4.78, 5) is 43.9. The van der Waals surface area contributed by atoms with Gasteiger partial charge in [0.25, 0.3) is 5.91 Å². The Morgan fingerprint density at radius 1 is 1.00 bits per heavy atom. The van der Waals surface area contributed by atoms with Crippen molar-refractivity contribution in [1.29, 1.82) is 0 Å². The van der Waals surface area contributed by atoms with Gasteiger partial charge in [0.2, 0.25) is 5.95 Å². The summed E-state index contributed by atoms with van der Waals surface area (Å²) in [5.41, 5.74) is 0.645. The molecule has 36 heavy (non-hydrogen) atoms. The molecule has 2 amide bonds. The molecule has 12 nitrogen and oxygen atoms in total. The van der Waals surface area contributed by atoms with Gasteiger partial charge in [-0.15, -0.1) is 0 Å². The smallest absolute Gasteiger partial charge is 0.408 e. The van der Waals surface area contributed by atoms with Crippen LogP contribution in [0.25, 0.3) is 0 Å². The highest BCUT2D eigenvalue weighted by molar-refractivity contribution is 5.97. The van der Waals surface area contributed by atoms with Crippen molar-refractivity contribution in [2.45, 2.75) is 12.6 Å². The number of hydrogen-bond donors (Lipinski definition) is 5. The van der Waals surface area contributed by atoms with E-state index in [1.807, 2.05) is 6.07 Å². The summed E-state index contributed by atoms with van der Waals surface area (Å²) in [6.07, 6.45) is 2.26. The Morgan fingerprint density at radius 2 is 1.75 bits per heavy atom. The lowest BCUT2D eigenvalue weighted by Crippen LogP contribution is -2.48. The van der Waals surface area contributed by atoms with Gasteiger partial charge < -0.3 is 35.6 Å². The number of nitrogens with one attached hydrogen (secondary N) is 3. The number of carboxylic acids is 1. The number of carbonyl (C=O) groups is 3. The van der Waals surface area contributed by atoms with E-state index in [-0.39, 0.29) is 24.5 Å². The molecule has 3 aromatic rings. The molecule has 3 rings (SSSR count). The van der Waals surface area contributed by atoms with Gasteiger partial charge in [0.05, 0.1) is 12.1 Å². The number of aliphatic carboxylic acids is 1. The summed E-state index contributed by atoms with van der Waals surface area (Å²) >= 11 is 0. The first-order chi connectivity index (χ1) is 17.4. The number of aromatic hydroxyl groups is 1. The van der Waals surface area contributed by atoms with E-state index < -0.39 is 30.6 Å². The molecule has 2 aromatic carbocycles. The Balaban J connectivity index is 1.45. The molecule has 0 aliphatic heterocycles. The van der Waals surface area contributed by atoms with E-state index in [2.05, 4.69) is 25.9 Å².